The van der Waals surface area contributed by atoms with E-state index in [1.807, 2.05) is 0 Å². The van der Waals surface area contributed by atoms with E-state index in [4.69, 9.17) is 9.47 Å². The van der Waals surface area contributed by atoms with Crippen molar-refractivity contribution in [3.63, 3.8) is 0 Å². The van der Waals surface area contributed by atoms with E-state index in [9.17, 15) is 4.79 Å². The lowest BCUT2D eigenvalue weighted by molar-refractivity contribution is -0.145. The summed E-state index contributed by atoms with van der Waals surface area (Å²) in [7, 11) is 0. The van der Waals surface area contributed by atoms with Crippen LogP contribution in [-0.2, 0) is 14.3 Å². The first-order chi connectivity index (χ1) is 10.7. The van der Waals surface area contributed by atoms with Crippen LogP contribution in [-0.4, -0.2) is 56.0 Å². The molecule has 0 radical (unpaired) electrons. The number of hydrogen-bond donors (Lipinski definition) is 1. The molecule has 2 heterocycles. The molecule has 2 aliphatic carbocycles. The van der Waals surface area contributed by atoms with E-state index in [1.165, 1.54) is 25.7 Å². The summed E-state index contributed by atoms with van der Waals surface area (Å²) in [6.45, 7) is 4.92. The van der Waals surface area contributed by atoms with Crippen molar-refractivity contribution in [2.45, 2.75) is 44.3 Å². The van der Waals surface area contributed by atoms with E-state index in [1.54, 1.807) is 0 Å². The summed E-state index contributed by atoms with van der Waals surface area (Å²) in [5.41, 5.74) is 0. The first-order valence-corrected chi connectivity index (χ1v) is 8.99. The van der Waals surface area contributed by atoms with Crippen molar-refractivity contribution in [1.82, 2.24) is 10.2 Å². The van der Waals surface area contributed by atoms with E-state index in [0.717, 1.165) is 50.9 Å². The van der Waals surface area contributed by atoms with Gasteiger partial charge in [-0.2, -0.15) is 0 Å². The molecule has 0 aromatic heterocycles. The van der Waals surface area contributed by atoms with Crippen LogP contribution < -0.4 is 5.32 Å². The van der Waals surface area contributed by atoms with Gasteiger partial charge in [-0.15, -0.1) is 0 Å². The van der Waals surface area contributed by atoms with E-state index in [0.29, 0.717) is 19.1 Å². The Labute approximate surface area is 132 Å². The Morgan fingerprint density at radius 2 is 2.09 bits per heavy atom. The molecule has 5 heteroatoms. The van der Waals surface area contributed by atoms with Gasteiger partial charge in [-0.3, -0.25) is 9.69 Å². The van der Waals surface area contributed by atoms with Crippen molar-refractivity contribution in [3.8, 4) is 0 Å². The van der Waals surface area contributed by atoms with Gasteiger partial charge in [0.05, 0.1) is 19.8 Å². The van der Waals surface area contributed by atoms with Gasteiger partial charge in [0, 0.05) is 32.5 Å². The third-order valence-corrected chi connectivity index (χ3v) is 6.17. The highest BCUT2D eigenvalue weighted by Gasteiger charge is 2.43. The number of likely N-dealkylation sites (tertiary alicyclic amines) is 1. The molecule has 2 bridgehead atoms. The molecule has 4 aliphatic rings. The van der Waals surface area contributed by atoms with Gasteiger partial charge in [-0.05, 0) is 37.0 Å². The summed E-state index contributed by atoms with van der Waals surface area (Å²) in [6.07, 6.45) is 7.14. The molecular weight excluding hydrogens is 280 g/mol. The second kappa shape index (κ2) is 6.10. The number of carbonyl (C=O) groups excluding carboxylic acids is 1. The average molecular weight is 308 g/mol. The maximum absolute atomic E-state index is 12.1. The maximum atomic E-state index is 12.1. The summed E-state index contributed by atoms with van der Waals surface area (Å²) in [6, 6.07) is 0. The third kappa shape index (κ3) is 3.03. The molecule has 3 unspecified atom stereocenters. The van der Waals surface area contributed by atoms with Crippen molar-refractivity contribution < 1.29 is 14.3 Å². The molecule has 3 atom stereocenters. The van der Waals surface area contributed by atoms with E-state index < -0.39 is 0 Å². The number of ether oxygens (including phenoxy) is 2. The molecule has 1 N–H and O–H groups in total. The predicted octanol–water partition coefficient (Wildman–Crippen LogP) is 1.38. The van der Waals surface area contributed by atoms with Crippen LogP contribution in [0.4, 0.5) is 0 Å². The second-order valence-electron chi connectivity index (χ2n) is 7.62. The molecule has 5 nitrogen and oxygen atoms in total. The molecule has 1 amide bonds. The van der Waals surface area contributed by atoms with Crippen LogP contribution in [0.1, 0.15) is 38.5 Å². The van der Waals surface area contributed by atoms with Gasteiger partial charge in [0.15, 0.2) is 5.79 Å². The zero-order valence-electron chi connectivity index (χ0n) is 13.4. The number of nitrogens with one attached hydrogen (secondary N) is 1. The average Bonchev–Trinajstić information content (AvgIpc) is 3.26. The Morgan fingerprint density at radius 1 is 1.23 bits per heavy atom. The first-order valence-electron chi connectivity index (χ1n) is 8.99. The summed E-state index contributed by atoms with van der Waals surface area (Å²) >= 11 is 0. The maximum Gasteiger partial charge on any atom is 0.220 e. The second-order valence-corrected chi connectivity index (χ2v) is 7.62. The van der Waals surface area contributed by atoms with Crippen LogP contribution in [0.2, 0.25) is 0 Å². The molecule has 1 spiro atoms. The fraction of sp³-hybridized carbons (Fsp3) is 0.941. The van der Waals surface area contributed by atoms with Crippen LogP contribution in [0.3, 0.4) is 0 Å². The minimum atomic E-state index is -0.340. The fourth-order valence-corrected chi connectivity index (χ4v) is 5.04. The van der Waals surface area contributed by atoms with Gasteiger partial charge in [-0.1, -0.05) is 6.42 Å². The number of hydrogen-bond acceptors (Lipinski definition) is 4. The number of carbonyl (C=O) groups is 1. The van der Waals surface area contributed by atoms with E-state index in [-0.39, 0.29) is 11.7 Å². The van der Waals surface area contributed by atoms with Gasteiger partial charge in [0.25, 0.3) is 0 Å². The van der Waals surface area contributed by atoms with Crippen molar-refractivity contribution in [2.24, 2.45) is 17.8 Å². The third-order valence-electron chi connectivity index (χ3n) is 6.17. The molecule has 22 heavy (non-hydrogen) atoms. The largest absolute Gasteiger partial charge is 0.355 e. The van der Waals surface area contributed by atoms with Crippen LogP contribution >= 0.6 is 0 Å². The number of rotatable bonds is 5. The van der Waals surface area contributed by atoms with Crippen LogP contribution in [0.25, 0.3) is 0 Å². The van der Waals surface area contributed by atoms with Gasteiger partial charge in [0.1, 0.15) is 0 Å². The Bertz CT molecular complexity index is 422. The molecule has 2 aliphatic heterocycles. The van der Waals surface area contributed by atoms with Crippen LogP contribution in [0, 0.1) is 17.8 Å². The SMILES string of the molecule is O=C(CC1CC2CCC1C2)NCCN1CCC2(C1)OCCO2. The minimum absolute atomic E-state index is 0.250. The van der Waals surface area contributed by atoms with Gasteiger partial charge in [0.2, 0.25) is 5.91 Å². The highest BCUT2D eigenvalue weighted by molar-refractivity contribution is 5.76. The summed E-state index contributed by atoms with van der Waals surface area (Å²) in [5.74, 6) is 2.34. The lowest BCUT2D eigenvalue weighted by Gasteiger charge is -2.23. The molecule has 2 saturated heterocycles. The van der Waals surface area contributed by atoms with Crippen LogP contribution in [0.15, 0.2) is 0 Å². The van der Waals surface area contributed by atoms with Crippen molar-refractivity contribution >= 4 is 5.91 Å². The smallest absolute Gasteiger partial charge is 0.220 e. The molecule has 0 aromatic carbocycles. The molecule has 4 fully saturated rings. The van der Waals surface area contributed by atoms with Gasteiger partial charge in [-0.25, -0.2) is 0 Å². The predicted molar refractivity (Wildman–Crippen MR) is 82.3 cm³/mol. The monoisotopic (exact) mass is 308 g/mol. The zero-order chi connectivity index (χ0) is 15.0. The summed E-state index contributed by atoms with van der Waals surface area (Å²) in [5, 5.41) is 3.11. The number of fused-ring (bicyclic) bond motifs is 2. The lowest BCUT2D eigenvalue weighted by atomic mass is 9.86. The topological polar surface area (TPSA) is 50.8 Å². The molecule has 0 aromatic rings. The van der Waals surface area contributed by atoms with Crippen molar-refractivity contribution in [3.05, 3.63) is 0 Å². The van der Waals surface area contributed by atoms with E-state index in [2.05, 4.69) is 10.2 Å². The Kier molecular flexibility index (Phi) is 4.13. The summed E-state index contributed by atoms with van der Waals surface area (Å²) in [4.78, 5) is 14.5. The van der Waals surface area contributed by atoms with Crippen LogP contribution in [0.5, 0.6) is 0 Å². The molecule has 2 saturated carbocycles. The van der Waals surface area contributed by atoms with Gasteiger partial charge < -0.3 is 14.8 Å². The van der Waals surface area contributed by atoms with E-state index >= 15 is 0 Å². The first kappa shape index (κ1) is 14.9. The minimum Gasteiger partial charge on any atom is -0.355 e. The molecule has 4 rings (SSSR count). The highest BCUT2D eigenvalue weighted by atomic mass is 16.7. The Hall–Kier alpha value is -0.650. The van der Waals surface area contributed by atoms with Crippen molar-refractivity contribution in [1.29, 1.82) is 0 Å². The van der Waals surface area contributed by atoms with Gasteiger partial charge >= 0.3 is 0 Å². The number of nitrogens with zero attached hydrogens (tertiary/aromatic N) is 1. The standard InChI is InChI=1S/C17H28N2O3/c20-16(11-15-10-13-1-2-14(15)9-13)18-4-6-19-5-3-17(12-19)21-7-8-22-17/h13-15H,1-12H2,(H,18,20). The lowest BCUT2D eigenvalue weighted by Crippen LogP contribution is -2.38. The number of amides is 1. The summed E-state index contributed by atoms with van der Waals surface area (Å²) < 4.78 is 11.4. The fourth-order valence-electron chi connectivity index (χ4n) is 5.04. The molecular formula is C17H28N2O3. The quantitative estimate of drug-likeness (QED) is 0.833. The highest BCUT2D eigenvalue weighted by Crippen LogP contribution is 2.49. The van der Waals surface area contributed by atoms with Crippen molar-refractivity contribution in [2.75, 3.05) is 39.4 Å². The molecule has 124 valence electrons. The zero-order valence-corrected chi connectivity index (χ0v) is 13.4. The normalized spacial score (nSPS) is 36.5. The Balaban J connectivity index is 1.14. The Morgan fingerprint density at radius 3 is 2.82 bits per heavy atom.